The van der Waals surface area contributed by atoms with Crippen LogP contribution in [0.3, 0.4) is 0 Å². The van der Waals surface area contributed by atoms with Gasteiger partial charge in [0.1, 0.15) is 12.1 Å². The maximum atomic E-state index is 8.65. The van der Waals surface area contributed by atoms with Gasteiger partial charge in [0.15, 0.2) is 5.89 Å². The first kappa shape index (κ1) is 21.3. The van der Waals surface area contributed by atoms with Crippen LogP contribution in [0.25, 0.3) is 11.3 Å². The van der Waals surface area contributed by atoms with E-state index in [1.54, 1.807) is 19.5 Å². The van der Waals surface area contributed by atoms with E-state index in [1.165, 1.54) is 0 Å². The Hall–Kier alpha value is -3.42. The highest BCUT2D eigenvalue weighted by molar-refractivity contribution is 6.08. The minimum absolute atomic E-state index is 0.0389. The van der Waals surface area contributed by atoms with Crippen molar-refractivity contribution in [3.05, 3.63) is 47.8 Å². The highest BCUT2D eigenvalue weighted by Crippen LogP contribution is 2.34. The second kappa shape index (κ2) is 9.39. The molecule has 0 aliphatic heterocycles. The van der Waals surface area contributed by atoms with Gasteiger partial charge in [0.25, 0.3) is 0 Å². The summed E-state index contributed by atoms with van der Waals surface area (Å²) < 4.78 is 11.0. The summed E-state index contributed by atoms with van der Waals surface area (Å²) in [5.41, 5.74) is 4.30. The Kier molecular flexibility index (Phi) is 6.66. The first-order valence-electron chi connectivity index (χ1n) is 9.99. The highest BCUT2D eigenvalue weighted by Gasteiger charge is 2.21. The predicted octanol–water partition coefficient (Wildman–Crippen LogP) is 4.52. The number of ether oxygens (including phenoxy) is 1. The topological polar surface area (TPSA) is 109 Å². The minimum Gasteiger partial charge on any atom is -0.477 e. The first-order chi connectivity index (χ1) is 14.4. The molecule has 0 fully saturated rings. The molecule has 0 atom stereocenters. The third-order valence-electron chi connectivity index (χ3n) is 4.56. The standard InChI is InChI=1S/C22H28N6O2/c1-6-29-22-16(8-7-9-25-22)17-10-18(26-11-15-12-30-14(4)27-15)19(20(23)13(2)3)21(24-5)28-17/h7-10,12-13,23H,6,11H2,1-5H3,(H2,24,26,28). The molecule has 3 heterocycles. The van der Waals surface area contributed by atoms with E-state index in [2.05, 4.69) is 20.6 Å². The fraction of sp³-hybridized carbons (Fsp3) is 0.364. The van der Waals surface area contributed by atoms with Crippen LogP contribution >= 0.6 is 0 Å². The van der Waals surface area contributed by atoms with E-state index in [1.807, 2.05) is 45.9 Å². The van der Waals surface area contributed by atoms with Crippen LogP contribution < -0.4 is 15.4 Å². The van der Waals surface area contributed by atoms with Gasteiger partial charge in [0.2, 0.25) is 5.88 Å². The number of nitrogens with zero attached hydrogens (tertiary/aromatic N) is 3. The lowest BCUT2D eigenvalue weighted by Gasteiger charge is -2.20. The number of anilines is 2. The van der Waals surface area contributed by atoms with Crippen LogP contribution in [0.5, 0.6) is 5.88 Å². The molecule has 0 unspecified atom stereocenters. The van der Waals surface area contributed by atoms with E-state index >= 15 is 0 Å². The molecule has 0 radical (unpaired) electrons. The molecule has 8 heteroatoms. The zero-order valence-electron chi connectivity index (χ0n) is 18.0. The Balaban J connectivity index is 2.10. The lowest BCUT2D eigenvalue weighted by molar-refractivity contribution is 0.328. The number of hydrogen-bond donors (Lipinski definition) is 3. The SMILES string of the molecule is CCOc1ncccc1-c1cc(NCc2coc(C)n2)c(C(=N)C(C)C)c(NC)n1. The van der Waals surface area contributed by atoms with Gasteiger partial charge in [-0.05, 0) is 31.0 Å². The summed E-state index contributed by atoms with van der Waals surface area (Å²) in [5, 5.41) is 15.2. The molecule has 3 N–H and O–H groups in total. The Bertz CT molecular complexity index is 1030. The predicted molar refractivity (Wildman–Crippen MR) is 118 cm³/mol. The first-order valence-corrected chi connectivity index (χ1v) is 9.99. The quantitative estimate of drug-likeness (QED) is 0.447. The second-order valence-electron chi connectivity index (χ2n) is 7.10. The third kappa shape index (κ3) is 4.59. The Labute approximate surface area is 176 Å². The van der Waals surface area contributed by atoms with E-state index in [0.29, 0.717) is 42.1 Å². The van der Waals surface area contributed by atoms with E-state index in [0.717, 1.165) is 22.5 Å². The van der Waals surface area contributed by atoms with E-state index < -0.39 is 0 Å². The van der Waals surface area contributed by atoms with Crippen molar-refractivity contribution in [1.82, 2.24) is 15.0 Å². The van der Waals surface area contributed by atoms with Gasteiger partial charge in [0.05, 0.1) is 35.7 Å². The average molecular weight is 409 g/mol. The normalized spacial score (nSPS) is 10.9. The van der Waals surface area contributed by atoms with Crippen molar-refractivity contribution in [3.63, 3.8) is 0 Å². The molecular weight excluding hydrogens is 380 g/mol. The lowest BCUT2D eigenvalue weighted by atomic mass is 9.97. The molecule has 0 spiro atoms. The molecule has 0 aromatic carbocycles. The van der Waals surface area contributed by atoms with Gasteiger partial charge in [-0.1, -0.05) is 13.8 Å². The minimum atomic E-state index is 0.0389. The largest absolute Gasteiger partial charge is 0.477 e. The summed E-state index contributed by atoms with van der Waals surface area (Å²) in [6.45, 7) is 8.70. The van der Waals surface area contributed by atoms with Crippen molar-refractivity contribution in [3.8, 4) is 17.1 Å². The van der Waals surface area contributed by atoms with Gasteiger partial charge in [0, 0.05) is 31.6 Å². The maximum absolute atomic E-state index is 8.65. The zero-order valence-corrected chi connectivity index (χ0v) is 18.0. The summed E-state index contributed by atoms with van der Waals surface area (Å²) in [6.07, 6.45) is 3.33. The number of nitrogens with one attached hydrogen (secondary N) is 3. The van der Waals surface area contributed by atoms with Crippen molar-refractivity contribution in [2.75, 3.05) is 24.3 Å². The fourth-order valence-corrected chi connectivity index (χ4v) is 3.08. The summed E-state index contributed by atoms with van der Waals surface area (Å²) >= 11 is 0. The van der Waals surface area contributed by atoms with Crippen molar-refractivity contribution in [2.24, 2.45) is 5.92 Å². The zero-order chi connectivity index (χ0) is 21.7. The van der Waals surface area contributed by atoms with Crippen molar-refractivity contribution < 1.29 is 9.15 Å². The van der Waals surface area contributed by atoms with Crippen molar-refractivity contribution >= 4 is 17.2 Å². The van der Waals surface area contributed by atoms with Crippen LogP contribution in [0.15, 0.2) is 35.1 Å². The molecular formula is C22H28N6O2. The highest BCUT2D eigenvalue weighted by atomic mass is 16.5. The Morgan fingerprint density at radius 1 is 1.30 bits per heavy atom. The summed E-state index contributed by atoms with van der Waals surface area (Å²) in [4.78, 5) is 13.5. The molecule has 0 bridgehead atoms. The van der Waals surface area contributed by atoms with Crippen molar-refractivity contribution in [2.45, 2.75) is 34.2 Å². The summed E-state index contributed by atoms with van der Waals surface area (Å²) in [5.74, 6) is 1.80. The van der Waals surface area contributed by atoms with E-state index in [9.17, 15) is 0 Å². The summed E-state index contributed by atoms with van der Waals surface area (Å²) in [6, 6.07) is 5.71. The number of oxazole rings is 1. The molecule has 0 aliphatic rings. The van der Waals surface area contributed by atoms with Gasteiger partial charge in [-0.25, -0.2) is 15.0 Å². The number of hydrogen-bond acceptors (Lipinski definition) is 8. The number of aromatic nitrogens is 3. The van der Waals surface area contributed by atoms with Crippen LogP contribution in [0.2, 0.25) is 0 Å². The van der Waals surface area contributed by atoms with Crippen LogP contribution in [-0.2, 0) is 6.54 Å². The number of pyridine rings is 2. The van der Waals surface area contributed by atoms with Crippen LogP contribution in [0.1, 0.15) is 37.9 Å². The smallest absolute Gasteiger partial charge is 0.222 e. The third-order valence-corrected chi connectivity index (χ3v) is 4.56. The lowest BCUT2D eigenvalue weighted by Crippen LogP contribution is -2.16. The van der Waals surface area contributed by atoms with Crippen LogP contribution in [-0.4, -0.2) is 34.3 Å². The number of rotatable bonds is 9. The molecule has 8 nitrogen and oxygen atoms in total. The molecule has 30 heavy (non-hydrogen) atoms. The van der Waals surface area contributed by atoms with Gasteiger partial charge >= 0.3 is 0 Å². The molecule has 0 saturated heterocycles. The molecule has 0 aliphatic carbocycles. The molecule has 3 aromatic heterocycles. The molecule has 3 rings (SSSR count). The molecule has 0 saturated carbocycles. The molecule has 158 valence electrons. The Morgan fingerprint density at radius 3 is 2.73 bits per heavy atom. The summed E-state index contributed by atoms with van der Waals surface area (Å²) in [7, 11) is 1.81. The van der Waals surface area contributed by atoms with Gasteiger partial charge < -0.3 is 25.2 Å². The van der Waals surface area contributed by atoms with Gasteiger partial charge in [-0.2, -0.15) is 0 Å². The fourth-order valence-electron chi connectivity index (χ4n) is 3.08. The molecule has 0 amide bonds. The van der Waals surface area contributed by atoms with Gasteiger partial charge in [-0.3, -0.25) is 0 Å². The van der Waals surface area contributed by atoms with Crippen molar-refractivity contribution in [1.29, 1.82) is 5.41 Å². The number of aryl methyl sites for hydroxylation is 1. The second-order valence-corrected chi connectivity index (χ2v) is 7.10. The monoisotopic (exact) mass is 408 g/mol. The maximum Gasteiger partial charge on any atom is 0.222 e. The molecule has 3 aromatic rings. The van der Waals surface area contributed by atoms with Crippen LogP contribution in [0, 0.1) is 18.3 Å². The van der Waals surface area contributed by atoms with Crippen LogP contribution in [0.4, 0.5) is 11.5 Å². The van der Waals surface area contributed by atoms with Gasteiger partial charge in [-0.15, -0.1) is 0 Å². The van der Waals surface area contributed by atoms with E-state index in [4.69, 9.17) is 19.5 Å². The average Bonchev–Trinajstić information content (AvgIpc) is 3.16. The van der Waals surface area contributed by atoms with E-state index in [-0.39, 0.29) is 5.92 Å². The Morgan fingerprint density at radius 2 is 2.10 bits per heavy atom.